The minimum absolute atomic E-state index is 0.250. The Morgan fingerprint density at radius 3 is 2.74 bits per heavy atom. The Kier molecular flexibility index (Phi) is 3.15. The summed E-state index contributed by atoms with van der Waals surface area (Å²) >= 11 is 6.33. The first-order valence-corrected chi connectivity index (χ1v) is 6.75. The molecule has 0 radical (unpaired) electrons. The number of hydrogen-bond acceptors (Lipinski definition) is 4. The Balaban J connectivity index is 1.79. The summed E-state index contributed by atoms with van der Waals surface area (Å²) in [5.41, 5.74) is 1.89. The lowest BCUT2D eigenvalue weighted by atomic mass is 10.0. The van der Waals surface area contributed by atoms with Crippen LogP contribution in [0.25, 0.3) is 0 Å². The highest BCUT2D eigenvalue weighted by molar-refractivity contribution is 6.33. The number of hydrogen-bond donors (Lipinski definition) is 0. The maximum Gasteiger partial charge on any atom is 0.312 e. The van der Waals surface area contributed by atoms with E-state index in [1.165, 1.54) is 7.11 Å². The third-order valence-electron chi connectivity index (χ3n) is 3.86. The molecule has 2 saturated heterocycles. The van der Waals surface area contributed by atoms with Crippen LogP contribution in [0, 0.1) is 0 Å². The quantitative estimate of drug-likeness (QED) is 0.629. The first-order valence-electron chi connectivity index (χ1n) is 6.38. The molecule has 0 bridgehead atoms. The van der Waals surface area contributed by atoms with E-state index in [1.54, 1.807) is 0 Å². The van der Waals surface area contributed by atoms with Gasteiger partial charge in [-0.15, -0.1) is 0 Å². The number of carbonyl (C=O) groups is 1. The first kappa shape index (κ1) is 12.8. The Morgan fingerprint density at radius 1 is 1.47 bits per heavy atom. The van der Waals surface area contributed by atoms with Gasteiger partial charge < -0.3 is 14.4 Å². The zero-order valence-corrected chi connectivity index (χ0v) is 11.7. The van der Waals surface area contributed by atoms with Crippen molar-refractivity contribution in [3.8, 4) is 0 Å². The van der Waals surface area contributed by atoms with E-state index in [0.717, 1.165) is 24.3 Å². The van der Waals surface area contributed by atoms with Crippen LogP contribution in [0.3, 0.4) is 0 Å². The van der Waals surface area contributed by atoms with Gasteiger partial charge in [-0.1, -0.05) is 17.7 Å². The number of epoxide rings is 1. The normalized spacial score (nSPS) is 25.9. The van der Waals surface area contributed by atoms with E-state index in [1.807, 2.05) is 25.1 Å². The molecule has 4 nitrogen and oxygen atoms in total. The minimum Gasteiger partial charge on any atom is -0.469 e. The molecule has 102 valence electrons. The summed E-state index contributed by atoms with van der Waals surface area (Å²) in [6.45, 7) is 3.61. The Morgan fingerprint density at radius 2 is 2.16 bits per heavy atom. The zero-order valence-electron chi connectivity index (χ0n) is 10.9. The van der Waals surface area contributed by atoms with Crippen LogP contribution in [0.4, 0.5) is 5.69 Å². The predicted octanol–water partition coefficient (Wildman–Crippen LogP) is 2.20. The van der Waals surface area contributed by atoms with Crippen LogP contribution in [0.5, 0.6) is 0 Å². The molecule has 2 aliphatic rings. The summed E-state index contributed by atoms with van der Waals surface area (Å²) in [5.74, 6) is -0.550. The maximum absolute atomic E-state index is 11.5. The van der Waals surface area contributed by atoms with E-state index in [-0.39, 0.29) is 11.9 Å². The summed E-state index contributed by atoms with van der Waals surface area (Å²) in [5, 5.41) is 0.676. The fraction of sp³-hybridized carbons (Fsp3) is 0.500. The van der Waals surface area contributed by atoms with Crippen molar-refractivity contribution in [2.75, 3.05) is 25.1 Å². The lowest BCUT2D eigenvalue weighted by Gasteiger charge is -2.22. The summed E-state index contributed by atoms with van der Waals surface area (Å²) < 4.78 is 10.2. The van der Waals surface area contributed by atoms with Crippen molar-refractivity contribution in [2.45, 2.75) is 25.0 Å². The number of esters is 1. The largest absolute Gasteiger partial charge is 0.469 e. The SMILES string of the molecule is COC(=O)C(C)c1ccc(N2CC3OC3C2)c(Cl)c1. The van der Waals surface area contributed by atoms with Crippen LogP contribution in [0.15, 0.2) is 18.2 Å². The Hall–Kier alpha value is -1.26. The molecule has 5 heteroatoms. The van der Waals surface area contributed by atoms with Crippen molar-refractivity contribution in [1.82, 2.24) is 0 Å². The standard InChI is InChI=1S/C14H16ClNO3/c1-8(14(17)18-2)9-3-4-11(10(15)5-9)16-6-12-13(7-16)19-12/h3-5,8,12-13H,6-7H2,1-2H3. The summed E-state index contributed by atoms with van der Waals surface area (Å²) in [4.78, 5) is 13.8. The van der Waals surface area contributed by atoms with Crippen LogP contribution in [-0.4, -0.2) is 38.4 Å². The number of halogens is 1. The zero-order chi connectivity index (χ0) is 13.6. The average molecular weight is 282 g/mol. The van der Waals surface area contributed by atoms with Crippen molar-refractivity contribution in [1.29, 1.82) is 0 Å². The van der Waals surface area contributed by atoms with E-state index in [2.05, 4.69) is 4.90 Å². The highest BCUT2D eigenvalue weighted by atomic mass is 35.5. The summed E-state index contributed by atoms with van der Waals surface area (Å²) in [6.07, 6.45) is 0.759. The Bertz CT molecular complexity index is 509. The number of ether oxygens (including phenoxy) is 2. The molecule has 0 N–H and O–H groups in total. The van der Waals surface area contributed by atoms with E-state index >= 15 is 0 Å². The third kappa shape index (κ3) is 2.30. The van der Waals surface area contributed by atoms with Crippen molar-refractivity contribution in [3.05, 3.63) is 28.8 Å². The first-order chi connectivity index (χ1) is 9.10. The maximum atomic E-state index is 11.5. The second-order valence-electron chi connectivity index (χ2n) is 5.07. The number of benzene rings is 1. The molecule has 2 fully saturated rings. The summed E-state index contributed by atoms with van der Waals surface area (Å²) in [7, 11) is 1.39. The molecule has 2 heterocycles. The van der Waals surface area contributed by atoms with Gasteiger partial charge in [-0.25, -0.2) is 0 Å². The van der Waals surface area contributed by atoms with Crippen LogP contribution in [0.2, 0.25) is 5.02 Å². The number of morpholine rings is 1. The van der Waals surface area contributed by atoms with Crippen LogP contribution >= 0.6 is 11.6 Å². The lowest BCUT2D eigenvalue weighted by Crippen LogP contribution is -2.24. The second-order valence-corrected chi connectivity index (χ2v) is 5.48. The smallest absolute Gasteiger partial charge is 0.312 e. The topological polar surface area (TPSA) is 42.1 Å². The van der Waals surface area contributed by atoms with Crippen molar-refractivity contribution in [2.24, 2.45) is 0 Å². The molecular weight excluding hydrogens is 266 g/mol. The van der Waals surface area contributed by atoms with Gasteiger partial charge >= 0.3 is 5.97 Å². The van der Waals surface area contributed by atoms with Gasteiger partial charge in [0, 0.05) is 13.1 Å². The molecule has 0 saturated carbocycles. The molecule has 3 atom stereocenters. The number of fused-ring (bicyclic) bond motifs is 1. The van der Waals surface area contributed by atoms with E-state index in [4.69, 9.17) is 21.1 Å². The van der Waals surface area contributed by atoms with Gasteiger partial charge in [0.15, 0.2) is 0 Å². The van der Waals surface area contributed by atoms with E-state index in [9.17, 15) is 4.79 Å². The molecular formula is C14H16ClNO3. The van der Waals surface area contributed by atoms with Gasteiger partial charge in [0.05, 0.1) is 23.7 Å². The number of carbonyl (C=O) groups excluding carboxylic acids is 1. The molecule has 0 aromatic heterocycles. The lowest BCUT2D eigenvalue weighted by molar-refractivity contribution is -0.141. The fourth-order valence-corrected chi connectivity index (χ4v) is 2.88. The predicted molar refractivity (Wildman–Crippen MR) is 72.8 cm³/mol. The fourth-order valence-electron chi connectivity index (χ4n) is 2.57. The van der Waals surface area contributed by atoms with E-state index < -0.39 is 0 Å². The highest BCUT2D eigenvalue weighted by Crippen LogP contribution is 2.37. The van der Waals surface area contributed by atoms with Crippen LogP contribution in [-0.2, 0) is 14.3 Å². The van der Waals surface area contributed by atoms with Crippen molar-refractivity contribution in [3.63, 3.8) is 0 Å². The third-order valence-corrected chi connectivity index (χ3v) is 4.16. The Labute approximate surface area is 117 Å². The molecule has 0 amide bonds. The molecule has 1 aromatic carbocycles. The molecule has 19 heavy (non-hydrogen) atoms. The second kappa shape index (κ2) is 4.69. The average Bonchev–Trinajstić information content (AvgIpc) is 3.03. The number of methoxy groups -OCH3 is 1. The van der Waals surface area contributed by atoms with Gasteiger partial charge in [-0.05, 0) is 24.6 Å². The van der Waals surface area contributed by atoms with Gasteiger partial charge in [0.2, 0.25) is 0 Å². The number of rotatable bonds is 3. The minimum atomic E-state index is -0.299. The molecule has 0 spiro atoms. The monoisotopic (exact) mass is 281 g/mol. The van der Waals surface area contributed by atoms with Crippen LogP contribution in [0.1, 0.15) is 18.4 Å². The van der Waals surface area contributed by atoms with Gasteiger partial charge in [0.25, 0.3) is 0 Å². The number of anilines is 1. The van der Waals surface area contributed by atoms with Crippen molar-refractivity contribution >= 4 is 23.3 Å². The van der Waals surface area contributed by atoms with E-state index in [0.29, 0.717) is 17.2 Å². The number of nitrogens with zero attached hydrogens (tertiary/aromatic N) is 1. The van der Waals surface area contributed by atoms with Gasteiger partial charge in [0.1, 0.15) is 12.2 Å². The van der Waals surface area contributed by atoms with Crippen LogP contribution < -0.4 is 4.90 Å². The summed E-state index contributed by atoms with van der Waals surface area (Å²) in [6, 6.07) is 5.76. The van der Waals surface area contributed by atoms with Gasteiger partial charge in [-0.3, -0.25) is 4.79 Å². The van der Waals surface area contributed by atoms with Gasteiger partial charge in [-0.2, -0.15) is 0 Å². The highest BCUT2D eigenvalue weighted by Gasteiger charge is 2.47. The molecule has 1 aromatic rings. The molecule has 2 aliphatic heterocycles. The van der Waals surface area contributed by atoms with Crippen molar-refractivity contribution < 1.29 is 14.3 Å². The molecule has 3 unspecified atom stereocenters. The molecule has 0 aliphatic carbocycles. The molecule has 3 rings (SSSR count).